The zero-order valence-electron chi connectivity index (χ0n) is 11.8. The van der Waals surface area contributed by atoms with Crippen LogP contribution in [0.25, 0.3) is 0 Å². The molecule has 0 bridgehead atoms. The highest BCUT2D eigenvalue weighted by molar-refractivity contribution is 5.95. The van der Waals surface area contributed by atoms with Crippen molar-refractivity contribution in [3.05, 3.63) is 17.5 Å². The Morgan fingerprint density at radius 3 is 2.60 bits per heavy atom. The fraction of sp³-hybridized carbons (Fsp3) is 0.692. The van der Waals surface area contributed by atoms with Gasteiger partial charge in [0.2, 0.25) is 0 Å². The smallest absolute Gasteiger partial charge is 0.280 e. The average Bonchev–Trinajstić information content (AvgIpc) is 2.81. The molecule has 1 fully saturated rings. The molecule has 0 spiro atoms. The van der Waals surface area contributed by atoms with E-state index in [1.54, 1.807) is 4.90 Å². The number of alkyl halides is 2. The molecule has 0 unspecified atom stereocenters. The molecule has 1 amide bonds. The number of hydrogen-bond donors (Lipinski definition) is 1. The first-order valence-corrected chi connectivity index (χ1v) is 6.84. The zero-order valence-corrected chi connectivity index (χ0v) is 11.8. The fourth-order valence-electron chi connectivity index (χ4n) is 2.32. The van der Waals surface area contributed by atoms with E-state index in [4.69, 9.17) is 0 Å². The van der Waals surface area contributed by atoms with Crippen LogP contribution in [0.5, 0.6) is 0 Å². The first-order chi connectivity index (χ1) is 9.50. The number of carbonyl (C=O) groups is 1. The molecule has 5 nitrogen and oxygen atoms in total. The lowest BCUT2D eigenvalue weighted by atomic mass is 10.2. The van der Waals surface area contributed by atoms with Gasteiger partial charge in [0.05, 0.1) is 11.8 Å². The molecular formula is C13H20F2N4O. The van der Waals surface area contributed by atoms with Crippen LogP contribution in [0.1, 0.15) is 36.3 Å². The maximum Gasteiger partial charge on any atom is 0.280 e. The molecule has 0 saturated carbocycles. The third kappa shape index (κ3) is 3.15. The van der Waals surface area contributed by atoms with Crippen LogP contribution in [0.3, 0.4) is 0 Å². The van der Waals surface area contributed by atoms with E-state index in [-0.39, 0.29) is 23.1 Å². The molecule has 20 heavy (non-hydrogen) atoms. The van der Waals surface area contributed by atoms with Gasteiger partial charge in [0.15, 0.2) is 0 Å². The molecule has 1 aliphatic heterocycles. The number of halogens is 2. The first-order valence-electron chi connectivity index (χ1n) is 6.84. The van der Waals surface area contributed by atoms with Crippen molar-refractivity contribution < 1.29 is 13.6 Å². The van der Waals surface area contributed by atoms with E-state index in [9.17, 15) is 13.6 Å². The Bertz CT molecular complexity index is 467. The van der Waals surface area contributed by atoms with E-state index in [2.05, 4.69) is 10.4 Å². The maximum absolute atomic E-state index is 13.3. The third-order valence-electron chi connectivity index (χ3n) is 3.26. The normalized spacial score (nSPS) is 16.2. The minimum absolute atomic E-state index is 0.0301. The van der Waals surface area contributed by atoms with Gasteiger partial charge in [-0.2, -0.15) is 5.10 Å². The summed E-state index contributed by atoms with van der Waals surface area (Å²) >= 11 is 0. The molecule has 2 heterocycles. The fourth-order valence-corrected chi connectivity index (χ4v) is 2.32. The Morgan fingerprint density at radius 2 is 2.05 bits per heavy atom. The summed E-state index contributed by atoms with van der Waals surface area (Å²) in [6.45, 7) is 6.69. The first kappa shape index (κ1) is 14.9. The van der Waals surface area contributed by atoms with Gasteiger partial charge in [-0.3, -0.25) is 9.48 Å². The second kappa shape index (κ2) is 6.30. The zero-order chi connectivity index (χ0) is 14.7. The molecule has 0 atom stereocenters. The monoisotopic (exact) mass is 286 g/mol. The predicted molar refractivity (Wildman–Crippen MR) is 70.8 cm³/mol. The second-order valence-corrected chi connectivity index (χ2v) is 5.36. The SMILES string of the molecule is CC(C)Cn1ncc(C(=O)N2CCNCC2)c1C(F)F. The summed E-state index contributed by atoms with van der Waals surface area (Å²) in [6.07, 6.45) is -1.42. The quantitative estimate of drug-likeness (QED) is 0.913. The highest BCUT2D eigenvalue weighted by Gasteiger charge is 2.28. The van der Waals surface area contributed by atoms with Crippen molar-refractivity contribution in [3.8, 4) is 0 Å². The van der Waals surface area contributed by atoms with Gasteiger partial charge in [-0.05, 0) is 5.92 Å². The van der Waals surface area contributed by atoms with E-state index in [0.717, 1.165) is 0 Å². The molecule has 2 rings (SSSR count). The summed E-state index contributed by atoms with van der Waals surface area (Å²) in [5, 5.41) is 7.09. The third-order valence-corrected chi connectivity index (χ3v) is 3.26. The molecule has 1 N–H and O–H groups in total. The largest absolute Gasteiger partial charge is 0.336 e. The molecule has 0 aromatic carbocycles. The van der Waals surface area contributed by atoms with E-state index in [1.807, 2.05) is 13.8 Å². The van der Waals surface area contributed by atoms with Gasteiger partial charge < -0.3 is 10.2 Å². The van der Waals surface area contributed by atoms with Gasteiger partial charge in [-0.25, -0.2) is 8.78 Å². The van der Waals surface area contributed by atoms with Gasteiger partial charge in [0.25, 0.3) is 12.3 Å². The Hall–Kier alpha value is -1.50. The van der Waals surface area contributed by atoms with Crippen molar-refractivity contribution in [3.63, 3.8) is 0 Å². The predicted octanol–water partition coefficient (Wildman–Crippen LogP) is 1.52. The van der Waals surface area contributed by atoms with Crippen LogP contribution in [-0.2, 0) is 6.54 Å². The maximum atomic E-state index is 13.3. The summed E-state index contributed by atoms with van der Waals surface area (Å²) in [6, 6.07) is 0. The topological polar surface area (TPSA) is 50.2 Å². The van der Waals surface area contributed by atoms with Crippen LogP contribution in [0.15, 0.2) is 6.20 Å². The molecule has 1 aliphatic rings. The Kier molecular flexibility index (Phi) is 4.69. The minimum atomic E-state index is -2.70. The van der Waals surface area contributed by atoms with Crippen LogP contribution >= 0.6 is 0 Å². The number of nitrogens with one attached hydrogen (secondary N) is 1. The van der Waals surface area contributed by atoms with Crippen LogP contribution < -0.4 is 5.32 Å². The minimum Gasteiger partial charge on any atom is -0.336 e. The van der Waals surface area contributed by atoms with Gasteiger partial charge in [-0.1, -0.05) is 13.8 Å². The van der Waals surface area contributed by atoms with Crippen molar-refractivity contribution in [2.75, 3.05) is 26.2 Å². The van der Waals surface area contributed by atoms with Gasteiger partial charge >= 0.3 is 0 Å². The summed E-state index contributed by atoms with van der Waals surface area (Å²) in [5.74, 6) is -0.161. The second-order valence-electron chi connectivity index (χ2n) is 5.36. The van der Waals surface area contributed by atoms with Gasteiger partial charge in [0, 0.05) is 32.7 Å². The molecule has 1 aromatic heterocycles. The Labute approximate surface area is 116 Å². The summed E-state index contributed by atoms with van der Waals surface area (Å²) in [4.78, 5) is 13.9. The Morgan fingerprint density at radius 1 is 1.40 bits per heavy atom. The van der Waals surface area contributed by atoms with Crippen LogP contribution in [-0.4, -0.2) is 46.8 Å². The highest BCUT2D eigenvalue weighted by atomic mass is 19.3. The van der Waals surface area contributed by atoms with Crippen LogP contribution in [0.4, 0.5) is 8.78 Å². The van der Waals surface area contributed by atoms with Crippen molar-refractivity contribution >= 4 is 5.91 Å². The number of hydrogen-bond acceptors (Lipinski definition) is 3. The number of aromatic nitrogens is 2. The lowest BCUT2D eigenvalue weighted by Gasteiger charge is -2.27. The van der Waals surface area contributed by atoms with Crippen molar-refractivity contribution in [1.29, 1.82) is 0 Å². The van der Waals surface area contributed by atoms with Crippen LogP contribution in [0, 0.1) is 5.92 Å². The number of piperazine rings is 1. The molecule has 1 saturated heterocycles. The van der Waals surface area contributed by atoms with Crippen molar-refractivity contribution in [2.45, 2.75) is 26.8 Å². The molecule has 0 aliphatic carbocycles. The average molecular weight is 286 g/mol. The summed E-state index contributed by atoms with van der Waals surface area (Å²) < 4.78 is 27.8. The van der Waals surface area contributed by atoms with Crippen molar-refractivity contribution in [2.24, 2.45) is 5.92 Å². The number of nitrogens with zero attached hydrogens (tertiary/aromatic N) is 3. The summed E-state index contributed by atoms with van der Waals surface area (Å²) in [5.41, 5.74) is -0.232. The molecule has 7 heteroatoms. The van der Waals surface area contributed by atoms with Crippen LogP contribution in [0.2, 0.25) is 0 Å². The standard InChI is InChI=1S/C13H20F2N4O/c1-9(2)8-19-11(12(14)15)10(7-17-19)13(20)18-5-3-16-4-6-18/h7,9,12,16H,3-6,8H2,1-2H3. The molecule has 1 aromatic rings. The number of carbonyl (C=O) groups excluding carboxylic acids is 1. The number of amides is 1. The molecule has 112 valence electrons. The van der Waals surface area contributed by atoms with E-state index in [0.29, 0.717) is 32.7 Å². The lowest BCUT2D eigenvalue weighted by molar-refractivity contribution is 0.0721. The molecular weight excluding hydrogens is 266 g/mol. The van der Waals surface area contributed by atoms with E-state index < -0.39 is 6.43 Å². The highest BCUT2D eigenvalue weighted by Crippen LogP contribution is 2.25. The van der Waals surface area contributed by atoms with E-state index >= 15 is 0 Å². The number of rotatable bonds is 4. The van der Waals surface area contributed by atoms with Gasteiger partial charge in [-0.15, -0.1) is 0 Å². The lowest BCUT2D eigenvalue weighted by Crippen LogP contribution is -2.46. The van der Waals surface area contributed by atoms with Gasteiger partial charge in [0.1, 0.15) is 5.69 Å². The summed E-state index contributed by atoms with van der Waals surface area (Å²) in [7, 11) is 0. The molecule has 0 radical (unpaired) electrons. The van der Waals surface area contributed by atoms with E-state index in [1.165, 1.54) is 10.9 Å². The van der Waals surface area contributed by atoms with Crippen molar-refractivity contribution in [1.82, 2.24) is 20.0 Å². The Balaban J connectivity index is 2.26.